The van der Waals surface area contributed by atoms with Gasteiger partial charge in [-0.25, -0.2) is 4.79 Å². The molecule has 0 aliphatic heterocycles. The lowest BCUT2D eigenvalue weighted by Gasteiger charge is -2.03. The number of nitrogens with zero attached hydrogens (tertiary/aromatic N) is 3. The SMILES string of the molecule is NC(Cc1ccc(Cl)cc1)=NOC(=O)c1ccc([N+](=O)[O-])cc1[N+](=O)[O-]. The number of hydrogen-bond acceptors (Lipinski definition) is 7. The van der Waals surface area contributed by atoms with E-state index in [2.05, 4.69) is 9.99 Å². The van der Waals surface area contributed by atoms with Gasteiger partial charge in [0.2, 0.25) is 0 Å². The van der Waals surface area contributed by atoms with Crippen LogP contribution >= 0.6 is 11.6 Å². The first-order chi connectivity index (χ1) is 12.3. The van der Waals surface area contributed by atoms with Gasteiger partial charge in [0.05, 0.1) is 15.9 Å². The summed E-state index contributed by atoms with van der Waals surface area (Å²) >= 11 is 5.76. The van der Waals surface area contributed by atoms with Crippen molar-refractivity contribution in [2.24, 2.45) is 10.9 Å². The van der Waals surface area contributed by atoms with E-state index in [-0.39, 0.29) is 12.3 Å². The molecule has 2 aromatic rings. The second kappa shape index (κ2) is 8.03. The summed E-state index contributed by atoms with van der Waals surface area (Å²) in [4.78, 5) is 36.5. The van der Waals surface area contributed by atoms with Crippen LogP contribution in [0.3, 0.4) is 0 Å². The molecule has 0 fully saturated rings. The van der Waals surface area contributed by atoms with Crippen LogP contribution in [0.15, 0.2) is 47.6 Å². The van der Waals surface area contributed by atoms with Crippen LogP contribution in [-0.2, 0) is 11.3 Å². The number of nitro groups is 2. The van der Waals surface area contributed by atoms with Crippen molar-refractivity contribution >= 4 is 34.8 Å². The molecule has 0 spiro atoms. The van der Waals surface area contributed by atoms with Crippen LogP contribution in [-0.4, -0.2) is 21.7 Å². The molecule has 0 saturated carbocycles. The minimum absolute atomic E-state index is 0.0507. The highest BCUT2D eigenvalue weighted by Gasteiger charge is 2.25. The molecule has 0 aliphatic rings. The average molecular weight is 379 g/mol. The van der Waals surface area contributed by atoms with Gasteiger partial charge in [0.1, 0.15) is 11.4 Å². The molecule has 0 amide bonds. The molecule has 26 heavy (non-hydrogen) atoms. The van der Waals surface area contributed by atoms with Crippen LogP contribution in [0.5, 0.6) is 0 Å². The van der Waals surface area contributed by atoms with Crippen molar-refractivity contribution in [2.45, 2.75) is 6.42 Å². The minimum atomic E-state index is -1.16. The first kappa shape index (κ1) is 18.8. The number of nitro benzene ring substituents is 2. The number of nitrogens with two attached hydrogens (primary N) is 1. The topological polar surface area (TPSA) is 151 Å². The van der Waals surface area contributed by atoms with Crippen molar-refractivity contribution in [1.29, 1.82) is 0 Å². The molecule has 2 rings (SSSR count). The predicted molar refractivity (Wildman–Crippen MR) is 91.9 cm³/mol. The van der Waals surface area contributed by atoms with Crippen LogP contribution in [0.4, 0.5) is 11.4 Å². The van der Waals surface area contributed by atoms with Crippen LogP contribution in [0.2, 0.25) is 5.02 Å². The van der Waals surface area contributed by atoms with E-state index >= 15 is 0 Å². The van der Waals surface area contributed by atoms with Gasteiger partial charge in [0.15, 0.2) is 0 Å². The minimum Gasteiger partial charge on any atom is -0.384 e. The number of benzene rings is 2. The molecule has 0 bridgehead atoms. The lowest BCUT2D eigenvalue weighted by Crippen LogP contribution is -2.17. The third-order valence-corrected chi connectivity index (χ3v) is 3.41. The largest absolute Gasteiger partial charge is 0.384 e. The summed E-state index contributed by atoms with van der Waals surface area (Å²) in [5, 5.41) is 25.7. The molecular weight excluding hydrogens is 368 g/mol. The normalized spacial score (nSPS) is 11.0. The standard InChI is InChI=1S/C15H11ClN4O6/c16-10-3-1-9(2-4-10)7-14(17)18-26-15(21)12-6-5-11(19(22)23)8-13(12)20(24)25/h1-6,8H,7H2,(H2,17,18). The lowest BCUT2D eigenvalue weighted by atomic mass is 10.1. The van der Waals surface area contributed by atoms with E-state index in [1.54, 1.807) is 24.3 Å². The Kier molecular flexibility index (Phi) is 5.81. The Bertz CT molecular complexity index is 898. The molecule has 10 nitrogen and oxygen atoms in total. The second-order valence-electron chi connectivity index (χ2n) is 4.98. The fraction of sp³-hybridized carbons (Fsp3) is 0.0667. The number of oxime groups is 1. The predicted octanol–water partition coefficient (Wildman–Crippen LogP) is 2.83. The van der Waals surface area contributed by atoms with E-state index in [0.717, 1.165) is 17.7 Å². The van der Waals surface area contributed by atoms with Crippen molar-refractivity contribution in [2.75, 3.05) is 0 Å². The Labute approximate surface area is 151 Å². The Morgan fingerprint density at radius 3 is 2.35 bits per heavy atom. The number of halogens is 1. The van der Waals surface area contributed by atoms with Gasteiger partial charge in [-0.3, -0.25) is 20.2 Å². The van der Waals surface area contributed by atoms with E-state index in [1.807, 2.05) is 0 Å². The molecule has 0 aliphatic carbocycles. The molecule has 0 unspecified atom stereocenters. The summed E-state index contributed by atoms with van der Waals surface area (Å²) in [6.07, 6.45) is 0.160. The Morgan fingerprint density at radius 1 is 1.12 bits per heavy atom. The van der Waals surface area contributed by atoms with Crippen molar-refractivity contribution in [1.82, 2.24) is 0 Å². The fourth-order valence-corrected chi connectivity index (χ4v) is 2.08. The van der Waals surface area contributed by atoms with Crippen molar-refractivity contribution < 1.29 is 19.5 Å². The smallest absolute Gasteiger partial charge is 0.372 e. The summed E-state index contributed by atoms with van der Waals surface area (Å²) in [5.74, 6) is -1.21. The summed E-state index contributed by atoms with van der Waals surface area (Å²) < 4.78 is 0. The Hall–Kier alpha value is -3.53. The highest BCUT2D eigenvalue weighted by Crippen LogP contribution is 2.25. The Balaban J connectivity index is 2.14. The molecule has 2 N–H and O–H groups in total. The number of hydrogen-bond donors (Lipinski definition) is 1. The van der Waals surface area contributed by atoms with Gasteiger partial charge in [-0.2, -0.15) is 0 Å². The van der Waals surface area contributed by atoms with E-state index in [1.165, 1.54) is 0 Å². The van der Waals surface area contributed by atoms with Crippen LogP contribution in [0.1, 0.15) is 15.9 Å². The molecule has 2 aromatic carbocycles. The molecule has 0 saturated heterocycles. The fourth-order valence-electron chi connectivity index (χ4n) is 1.95. The van der Waals surface area contributed by atoms with Crippen LogP contribution in [0, 0.1) is 20.2 Å². The van der Waals surface area contributed by atoms with Gasteiger partial charge >= 0.3 is 5.97 Å². The van der Waals surface area contributed by atoms with Crippen molar-refractivity contribution in [3.63, 3.8) is 0 Å². The second-order valence-corrected chi connectivity index (χ2v) is 5.42. The first-order valence-electron chi connectivity index (χ1n) is 6.99. The van der Waals surface area contributed by atoms with E-state index in [9.17, 15) is 25.0 Å². The zero-order valence-electron chi connectivity index (χ0n) is 13.0. The maximum Gasteiger partial charge on any atom is 0.372 e. The van der Waals surface area contributed by atoms with Gasteiger partial charge in [0.25, 0.3) is 11.4 Å². The molecule has 11 heteroatoms. The monoisotopic (exact) mass is 378 g/mol. The van der Waals surface area contributed by atoms with E-state index in [4.69, 9.17) is 17.3 Å². The van der Waals surface area contributed by atoms with Crippen molar-refractivity contribution in [3.05, 3.63) is 78.8 Å². The first-order valence-corrected chi connectivity index (χ1v) is 7.36. The maximum absolute atomic E-state index is 12.0. The van der Waals surface area contributed by atoms with E-state index in [0.29, 0.717) is 11.1 Å². The zero-order chi connectivity index (χ0) is 19.3. The molecule has 0 atom stereocenters. The highest BCUT2D eigenvalue weighted by molar-refractivity contribution is 6.30. The number of rotatable bonds is 6. The molecule has 0 radical (unpaired) electrons. The van der Waals surface area contributed by atoms with Crippen LogP contribution < -0.4 is 5.73 Å². The third-order valence-electron chi connectivity index (χ3n) is 3.15. The maximum atomic E-state index is 12.0. The van der Waals surface area contributed by atoms with Gasteiger partial charge in [-0.15, -0.1) is 0 Å². The summed E-state index contributed by atoms with van der Waals surface area (Å²) in [6, 6.07) is 9.24. The zero-order valence-corrected chi connectivity index (χ0v) is 13.8. The lowest BCUT2D eigenvalue weighted by molar-refractivity contribution is -0.394. The summed E-state index contributed by atoms with van der Waals surface area (Å²) in [5.41, 5.74) is 4.63. The summed E-state index contributed by atoms with van der Waals surface area (Å²) in [7, 11) is 0. The number of amidine groups is 1. The van der Waals surface area contributed by atoms with Gasteiger partial charge < -0.3 is 10.6 Å². The van der Waals surface area contributed by atoms with E-state index < -0.39 is 32.8 Å². The number of non-ortho nitro benzene ring substituents is 1. The molecule has 0 heterocycles. The quantitative estimate of drug-likeness (QED) is 0.266. The Morgan fingerprint density at radius 2 is 1.77 bits per heavy atom. The van der Waals surface area contributed by atoms with Crippen molar-refractivity contribution in [3.8, 4) is 0 Å². The summed E-state index contributed by atoms with van der Waals surface area (Å²) in [6.45, 7) is 0. The molecule has 134 valence electrons. The number of carbonyl (C=O) groups is 1. The molecular formula is C15H11ClN4O6. The highest BCUT2D eigenvalue weighted by atomic mass is 35.5. The third kappa shape index (κ3) is 4.74. The molecule has 0 aromatic heterocycles. The van der Waals surface area contributed by atoms with Gasteiger partial charge in [-0.1, -0.05) is 28.9 Å². The van der Waals surface area contributed by atoms with Crippen LogP contribution in [0.25, 0.3) is 0 Å². The average Bonchev–Trinajstić information content (AvgIpc) is 2.61. The van der Waals surface area contributed by atoms with Gasteiger partial charge in [0, 0.05) is 17.5 Å². The van der Waals surface area contributed by atoms with Gasteiger partial charge in [-0.05, 0) is 23.8 Å². The number of carbonyl (C=O) groups excluding carboxylic acids is 1.